The zero-order valence-electron chi connectivity index (χ0n) is 14.9. The molecule has 0 atom stereocenters. The number of amides is 3. The second-order valence-corrected chi connectivity index (χ2v) is 7.75. The number of halogens is 1. The summed E-state index contributed by atoms with van der Waals surface area (Å²) in [7, 11) is 1.74. The first kappa shape index (κ1) is 18.4. The third-order valence-corrected chi connectivity index (χ3v) is 5.72. The van der Waals surface area contributed by atoms with Gasteiger partial charge in [-0.3, -0.25) is 4.79 Å². The number of carbonyl (C=O) groups is 2. The van der Waals surface area contributed by atoms with Crippen LogP contribution in [0, 0.1) is 0 Å². The minimum Gasteiger partial charge on any atom is -0.310 e. The van der Waals surface area contributed by atoms with Gasteiger partial charge in [-0.25, -0.2) is 4.79 Å². The average Bonchev–Trinajstić information content (AvgIpc) is 2.79. The molecule has 1 aliphatic heterocycles. The lowest BCUT2D eigenvalue weighted by atomic mass is 10.2. The van der Waals surface area contributed by atoms with Crippen LogP contribution in [0.25, 0.3) is 0 Å². The van der Waals surface area contributed by atoms with Gasteiger partial charge < -0.3 is 15.5 Å². The lowest BCUT2D eigenvalue weighted by Crippen LogP contribution is -2.26. The number of anilines is 3. The van der Waals surface area contributed by atoms with Crippen LogP contribution in [0.1, 0.15) is 10.4 Å². The molecule has 0 radical (unpaired) electrons. The molecule has 1 aliphatic rings. The van der Waals surface area contributed by atoms with Gasteiger partial charge in [0, 0.05) is 33.2 Å². The molecule has 0 unspecified atom stereocenters. The minimum absolute atomic E-state index is 0.0791. The molecule has 28 heavy (non-hydrogen) atoms. The molecule has 4 rings (SSSR count). The Morgan fingerprint density at radius 3 is 2.39 bits per heavy atom. The topological polar surface area (TPSA) is 61.4 Å². The maximum Gasteiger partial charge on any atom is 0.323 e. The van der Waals surface area contributed by atoms with Crippen molar-refractivity contribution in [1.29, 1.82) is 0 Å². The summed E-state index contributed by atoms with van der Waals surface area (Å²) in [6, 6.07) is 19.5. The number of nitrogens with one attached hydrogen (secondary N) is 2. The third-order valence-electron chi connectivity index (χ3n) is 4.32. The molecule has 0 aromatic heterocycles. The maximum absolute atomic E-state index is 12.8. The van der Waals surface area contributed by atoms with E-state index in [4.69, 9.17) is 11.6 Å². The molecule has 0 saturated heterocycles. The van der Waals surface area contributed by atoms with Crippen molar-refractivity contribution in [3.05, 3.63) is 77.3 Å². The number of rotatable bonds is 2. The summed E-state index contributed by atoms with van der Waals surface area (Å²) in [6.45, 7) is 0. The number of fused-ring (bicyclic) bond motifs is 2. The Morgan fingerprint density at radius 1 is 0.929 bits per heavy atom. The fourth-order valence-corrected chi connectivity index (χ4v) is 4.12. The van der Waals surface area contributed by atoms with Crippen molar-refractivity contribution in [2.45, 2.75) is 9.79 Å². The molecule has 3 aromatic carbocycles. The van der Waals surface area contributed by atoms with Gasteiger partial charge in [-0.2, -0.15) is 0 Å². The highest BCUT2D eigenvalue weighted by atomic mass is 35.5. The fraction of sp³-hybridized carbons (Fsp3) is 0.0476. The van der Waals surface area contributed by atoms with Gasteiger partial charge in [-0.05, 0) is 54.6 Å². The maximum atomic E-state index is 12.8. The smallest absolute Gasteiger partial charge is 0.310 e. The van der Waals surface area contributed by atoms with E-state index in [0.29, 0.717) is 22.0 Å². The van der Waals surface area contributed by atoms with Crippen LogP contribution in [0.2, 0.25) is 5.02 Å². The van der Waals surface area contributed by atoms with E-state index in [1.54, 1.807) is 42.3 Å². The van der Waals surface area contributed by atoms with Crippen molar-refractivity contribution < 1.29 is 9.59 Å². The SMILES string of the molecule is CN1C(=O)c2ccccc2Sc2ccc(NC(=O)Nc3ccc(Cl)cc3)cc21. The highest BCUT2D eigenvalue weighted by molar-refractivity contribution is 7.99. The number of hydrogen-bond donors (Lipinski definition) is 2. The van der Waals surface area contributed by atoms with E-state index in [2.05, 4.69) is 10.6 Å². The Morgan fingerprint density at radius 2 is 1.61 bits per heavy atom. The molecule has 3 aromatic rings. The Hall–Kier alpha value is -2.96. The number of benzene rings is 3. The van der Waals surface area contributed by atoms with E-state index in [1.165, 1.54) is 11.8 Å². The van der Waals surface area contributed by atoms with E-state index >= 15 is 0 Å². The van der Waals surface area contributed by atoms with Crippen LogP contribution in [-0.2, 0) is 0 Å². The van der Waals surface area contributed by atoms with Crippen molar-refractivity contribution in [1.82, 2.24) is 0 Å². The molecule has 1 heterocycles. The fourth-order valence-electron chi connectivity index (χ4n) is 2.91. The van der Waals surface area contributed by atoms with Gasteiger partial charge in [-0.1, -0.05) is 35.5 Å². The average molecular weight is 410 g/mol. The normalized spacial score (nSPS) is 12.6. The largest absolute Gasteiger partial charge is 0.323 e. The number of nitrogens with zero attached hydrogens (tertiary/aromatic N) is 1. The summed E-state index contributed by atoms with van der Waals surface area (Å²) >= 11 is 7.39. The van der Waals surface area contributed by atoms with E-state index in [9.17, 15) is 9.59 Å². The molecular weight excluding hydrogens is 394 g/mol. The second-order valence-electron chi connectivity index (χ2n) is 6.23. The van der Waals surface area contributed by atoms with Gasteiger partial charge in [0.2, 0.25) is 0 Å². The first-order chi connectivity index (χ1) is 13.5. The summed E-state index contributed by atoms with van der Waals surface area (Å²) in [5.74, 6) is -0.0791. The molecule has 140 valence electrons. The van der Waals surface area contributed by atoms with E-state index in [0.717, 1.165) is 15.5 Å². The predicted octanol–water partition coefficient (Wildman–Crippen LogP) is 5.73. The number of hydrogen-bond acceptors (Lipinski definition) is 3. The lowest BCUT2D eigenvalue weighted by molar-refractivity contribution is 0.0990. The molecule has 0 aliphatic carbocycles. The lowest BCUT2D eigenvalue weighted by Gasteiger charge is -2.18. The highest BCUT2D eigenvalue weighted by Crippen LogP contribution is 2.41. The Bertz CT molecular complexity index is 1070. The van der Waals surface area contributed by atoms with Crippen molar-refractivity contribution in [3.8, 4) is 0 Å². The molecular formula is C21H16ClN3O2S. The predicted molar refractivity (Wildman–Crippen MR) is 114 cm³/mol. The summed E-state index contributed by atoms with van der Waals surface area (Å²) in [5.41, 5.74) is 2.64. The quantitative estimate of drug-likeness (QED) is 0.568. The molecule has 0 saturated carbocycles. The van der Waals surface area contributed by atoms with Crippen molar-refractivity contribution in [3.63, 3.8) is 0 Å². The molecule has 5 nitrogen and oxygen atoms in total. The van der Waals surface area contributed by atoms with Crippen molar-refractivity contribution in [2.75, 3.05) is 22.6 Å². The second kappa shape index (κ2) is 7.58. The summed E-state index contributed by atoms with van der Waals surface area (Å²) in [4.78, 5) is 28.6. The molecule has 7 heteroatoms. The van der Waals surface area contributed by atoms with Gasteiger partial charge in [-0.15, -0.1) is 0 Å². The number of carbonyl (C=O) groups excluding carboxylic acids is 2. The molecule has 2 N–H and O–H groups in total. The number of urea groups is 1. The van der Waals surface area contributed by atoms with E-state index in [1.807, 2.05) is 36.4 Å². The first-order valence-electron chi connectivity index (χ1n) is 8.54. The van der Waals surface area contributed by atoms with Gasteiger partial charge in [0.25, 0.3) is 5.91 Å². The summed E-state index contributed by atoms with van der Waals surface area (Å²) < 4.78 is 0. The Labute approximate surface area is 171 Å². The van der Waals surface area contributed by atoms with Gasteiger partial charge in [0.05, 0.1) is 11.3 Å². The van der Waals surface area contributed by atoms with Gasteiger partial charge in [0.1, 0.15) is 0 Å². The third kappa shape index (κ3) is 3.69. The van der Waals surface area contributed by atoms with Crippen molar-refractivity contribution in [2.24, 2.45) is 0 Å². The van der Waals surface area contributed by atoms with Gasteiger partial charge >= 0.3 is 6.03 Å². The van der Waals surface area contributed by atoms with Crippen LogP contribution in [0.3, 0.4) is 0 Å². The minimum atomic E-state index is -0.374. The van der Waals surface area contributed by atoms with Crippen LogP contribution in [0.4, 0.5) is 21.9 Å². The summed E-state index contributed by atoms with van der Waals surface area (Å²) in [5, 5.41) is 6.15. The standard InChI is InChI=1S/C21H16ClN3O2S/c1-25-17-12-15(24-21(27)23-14-8-6-13(22)7-9-14)10-11-19(17)28-18-5-3-2-4-16(18)20(25)26/h2-12H,1H3,(H2,23,24,27). The van der Waals surface area contributed by atoms with Crippen LogP contribution in [0.5, 0.6) is 0 Å². The molecule has 3 amide bonds. The summed E-state index contributed by atoms with van der Waals surface area (Å²) in [6.07, 6.45) is 0. The van der Waals surface area contributed by atoms with Crippen molar-refractivity contribution >= 4 is 52.4 Å². The Kier molecular flexibility index (Phi) is 4.98. The van der Waals surface area contributed by atoms with E-state index < -0.39 is 0 Å². The van der Waals surface area contributed by atoms with Crippen LogP contribution >= 0.6 is 23.4 Å². The molecule has 0 spiro atoms. The van der Waals surface area contributed by atoms with Crippen LogP contribution in [-0.4, -0.2) is 19.0 Å². The zero-order chi connectivity index (χ0) is 19.7. The van der Waals surface area contributed by atoms with E-state index in [-0.39, 0.29) is 11.9 Å². The monoisotopic (exact) mass is 409 g/mol. The first-order valence-corrected chi connectivity index (χ1v) is 9.73. The van der Waals surface area contributed by atoms with Gasteiger partial charge in [0.15, 0.2) is 0 Å². The highest BCUT2D eigenvalue weighted by Gasteiger charge is 2.24. The molecule has 0 fully saturated rings. The Balaban J connectivity index is 1.56. The zero-order valence-corrected chi connectivity index (χ0v) is 16.5. The van der Waals surface area contributed by atoms with Crippen LogP contribution < -0.4 is 15.5 Å². The van der Waals surface area contributed by atoms with Crippen LogP contribution in [0.15, 0.2) is 76.5 Å². The molecule has 0 bridgehead atoms.